The van der Waals surface area contributed by atoms with Crippen LogP contribution in [0.3, 0.4) is 0 Å². The Morgan fingerprint density at radius 2 is 1.35 bits per heavy atom. The number of amides is 3. The average molecular weight is 517 g/mol. The number of hydrogen-bond acceptors (Lipinski definition) is 8. The monoisotopic (exact) mass is 516 g/mol. The first kappa shape index (κ1) is 29.2. The van der Waals surface area contributed by atoms with Crippen molar-refractivity contribution in [2.24, 2.45) is 5.73 Å². The van der Waals surface area contributed by atoms with Gasteiger partial charge in [0.25, 0.3) is 0 Å². The van der Waals surface area contributed by atoms with Crippen LogP contribution in [0.25, 0.3) is 0 Å². The summed E-state index contributed by atoms with van der Waals surface area (Å²) in [4.78, 5) is 49.7. The molecule has 2 aromatic rings. The number of carboxylic acids is 1. The van der Waals surface area contributed by atoms with Gasteiger partial charge in [-0.3, -0.25) is 14.4 Å². The number of phenols is 1. The maximum Gasteiger partial charge on any atom is 0.328 e. The Morgan fingerprint density at radius 3 is 1.89 bits per heavy atom. The fraction of sp³-hybridized carbons (Fsp3) is 0.360. The number of carboxylic acid groups (broad SMARTS) is 1. The van der Waals surface area contributed by atoms with Crippen molar-refractivity contribution in [3.63, 3.8) is 0 Å². The number of benzene rings is 2. The second-order valence-electron chi connectivity index (χ2n) is 8.54. The van der Waals surface area contributed by atoms with Crippen LogP contribution in [0.5, 0.6) is 5.75 Å². The maximum absolute atomic E-state index is 12.9. The van der Waals surface area contributed by atoms with Gasteiger partial charge in [-0.25, -0.2) is 4.79 Å². The van der Waals surface area contributed by atoms with E-state index in [1.54, 1.807) is 42.5 Å². The molecular weight excluding hydrogens is 484 g/mol. The first-order valence-corrected chi connectivity index (χ1v) is 11.5. The van der Waals surface area contributed by atoms with Crippen LogP contribution in [0.15, 0.2) is 54.6 Å². The third kappa shape index (κ3) is 9.18. The second-order valence-corrected chi connectivity index (χ2v) is 8.54. The van der Waals surface area contributed by atoms with Crippen molar-refractivity contribution in [1.82, 2.24) is 16.0 Å². The number of hydrogen-bond donors (Lipinski definition) is 8. The molecule has 37 heavy (non-hydrogen) atoms. The third-order valence-corrected chi connectivity index (χ3v) is 5.51. The van der Waals surface area contributed by atoms with Gasteiger partial charge < -0.3 is 42.1 Å². The van der Waals surface area contributed by atoms with Crippen molar-refractivity contribution in [1.29, 1.82) is 0 Å². The molecule has 5 unspecified atom stereocenters. The first-order valence-electron chi connectivity index (χ1n) is 11.5. The van der Waals surface area contributed by atoms with Crippen molar-refractivity contribution < 1.29 is 39.6 Å². The first-order chi connectivity index (χ1) is 17.5. The minimum atomic E-state index is -1.62. The van der Waals surface area contributed by atoms with Gasteiger partial charge in [0.1, 0.15) is 17.8 Å². The summed E-state index contributed by atoms with van der Waals surface area (Å²) in [6.45, 7) is 0.400. The Kier molecular flexibility index (Phi) is 11.0. The highest BCUT2D eigenvalue weighted by Gasteiger charge is 2.32. The van der Waals surface area contributed by atoms with Gasteiger partial charge in [-0.1, -0.05) is 42.5 Å². The van der Waals surface area contributed by atoms with Crippen LogP contribution < -0.4 is 21.7 Å². The largest absolute Gasteiger partial charge is 0.508 e. The average Bonchev–Trinajstić information content (AvgIpc) is 2.86. The number of nitrogens with one attached hydrogen (secondary N) is 3. The molecule has 200 valence electrons. The Hall–Kier alpha value is -4.00. The van der Waals surface area contributed by atoms with Gasteiger partial charge in [0.2, 0.25) is 17.7 Å². The summed E-state index contributed by atoms with van der Waals surface area (Å²) in [5.74, 6) is -3.91. The Morgan fingerprint density at radius 1 is 0.811 bits per heavy atom. The number of carbonyl (C=O) groups excluding carboxylic acids is 3. The van der Waals surface area contributed by atoms with Gasteiger partial charge in [0.15, 0.2) is 6.04 Å². The number of carbonyl (C=O) groups is 4. The molecule has 0 spiro atoms. The number of aromatic hydroxyl groups is 1. The van der Waals surface area contributed by atoms with Crippen molar-refractivity contribution in [2.75, 3.05) is 6.61 Å². The molecule has 0 heterocycles. The summed E-state index contributed by atoms with van der Waals surface area (Å²) >= 11 is 0. The molecule has 0 aliphatic carbocycles. The Bertz CT molecular complexity index is 1060. The smallest absolute Gasteiger partial charge is 0.328 e. The fourth-order valence-electron chi connectivity index (χ4n) is 3.43. The van der Waals surface area contributed by atoms with Gasteiger partial charge in [-0.05, 0) is 36.6 Å². The highest BCUT2D eigenvalue weighted by Crippen LogP contribution is 2.11. The molecule has 0 fully saturated rings. The summed E-state index contributed by atoms with van der Waals surface area (Å²) < 4.78 is 0. The standard InChI is InChI=1S/C25H32N4O8/c1-14(31)21(25(36)37)29-23(34)19(12-15-5-3-2-4-6-15)27-24(35)20(13-30)28-22(33)18(26)11-16-7-9-17(32)10-8-16/h2-10,14,18-21,30-32H,11-13,26H2,1H3,(H,27,35)(H,28,33)(H,29,34)(H,36,37). The molecule has 12 nitrogen and oxygen atoms in total. The van der Waals surface area contributed by atoms with E-state index >= 15 is 0 Å². The van der Waals surface area contributed by atoms with Crippen LogP contribution in [-0.2, 0) is 32.0 Å². The fourth-order valence-corrected chi connectivity index (χ4v) is 3.43. The Labute approximate surface area is 213 Å². The SMILES string of the molecule is CC(O)C(NC(=O)C(Cc1ccccc1)NC(=O)C(CO)NC(=O)C(N)Cc1ccc(O)cc1)C(=O)O. The lowest BCUT2D eigenvalue weighted by Gasteiger charge is -2.25. The van der Waals surface area contributed by atoms with E-state index in [2.05, 4.69) is 16.0 Å². The van der Waals surface area contributed by atoms with E-state index in [0.29, 0.717) is 11.1 Å². The summed E-state index contributed by atoms with van der Waals surface area (Å²) in [5.41, 5.74) is 7.23. The number of aliphatic hydroxyl groups is 2. The van der Waals surface area contributed by atoms with Gasteiger partial charge in [0.05, 0.1) is 18.8 Å². The molecule has 0 saturated carbocycles. The summed E-state index contributed by atoms with van der Waals surface area (Å²) in [7, 11) is 0. The van der Waals surface area contributed by atoms with Gasteiger partial charge in [0, 0.05) is 6.42 Å². The van der Waals surface area contributed by atoms with E-state index < -0.39 is 60.6 Å². The maximum atomic E-state index is 12.9. The normalized spacial score (nSPS) is 14.9. The zero-order chi connectivity index (χ0) is 27.5. The van der Waals surface area contributed by atoms with Crippen LogP contribution in [0.1, 0.15) is 18.1 Å². The molecule has 2 rings (SSSR count). The molecule has 0 bridgehead atoms. The molecule has 0 radical (unpaired) electrons. The van der Waals surface area contributed by atoms with Crippen molar-refractivity contribution in [3.05, 3.63) is 65.7 Å². The second kappa shape index (κ2) is 13.9. The van der Waals surface area contributed by atoms with Gasteiger partial charge in [-0.2, -0.15) is 0 Å². The number of nitrogens with two attached hydrogens (primary N) is 1. The van der Waals surface area contributed by atoms with E-state index in [4.69, 9.17) is 5.73 Å². The van der Waals surface area contributed by atoms with Crippen molar-refractivity contribution >= 4 is 23.7 Å². The topological polar surface area (TPSA) is 211 Å². The number of rotatable bonds is 13. The minimum Gasteiger partial charge on any atom is -0.508 e. The predicted octanol–water partition coefficient (Wildman–Crippen LogP) is -1.58. The lowest BCUT2D eigenvalue weighted by atomic mass is 10.0. The zero-order valence-corrected chi connectivity index (χ0v) is 20.2. The van der Waals surface area contributed by atoms with Crippen LogP contribution in [-0.4, -0.2) is 81.0 Å². The molecule has 0 aromatic heterocycles. The van der Waals surface area contributed by atoms with Crippen molar-refractivity contribution in [2.45, 2.75) is 50.0 Å². The molecule has 12 heteroatoms. The lowest BCUT2D eigenvalue weighted by Crippen LogP contribution is -2.59. The molecule has 0 aliphatic rings. The molecule has 9 N–H and O–H groups in total. The lowest BCUT2D eigenvalue weighted by molar-refractivity contribution is -0.145. The minimum absolute atomic E-state index is 0.0307. The van der Waals surface area contributed by atoms with Crippen LogP contribution in [0.4, 0.5) is 0 Å². The van der Waals surface area contributed by atoms with E-state index in [9.17, 15) is 39.6 Å². The quantitative estimate of drug-likeness (QED) is 0.154. The molecule has 0 aliphatic heterocycles. The van der Waals surface area contributed by atoms with Gasteiger partial charge >= 0.3 is 5.97 Å². The van der Waals surface area contributed by atoms with Crippen LogP contribution in [0, 0.1) is 0 Å². The van der Waals surface area contributed by atoms with Crippen LogP contribution >= 0.6 is 0 Å². The van der Waals surface area contributed by atoms with Crippen molar-refractivity contribution in [3.8, 4) is 5.75 Å². The predicted molar refractivity (Wildman–Crippen MR) is 132 cm³/mol. The number of aliphatic carboxylic acids is 1. The summed E-state index contributed by atoms with van der Waals surface area (Å²) in [5, 5.41) is 45.0. The van der Waals surface area contributed by atoms with Gasteiger partial charge in [-0.15, -0.1) is 0 Å². The highest BCUT2D eigenvalue weighted by molar-refractivity contribution is 5.94. The van der Waals surface area contributed by atoms with E-state index in [0.717, 1.165) is 0 Å². The summed E-state index contributed by atoms with van der Waals surface area (Å²) in [6, 6.07) is 9.21. The van der Waals surface area contributed by atoms with Crippen LogP contribution in [0.2, 0.25) is 0 Å². The molecular formula is C25H32N4O8. The highest BCUT2D eigenvalue weighted by atomic mass is 16.4. The molecule has 3 amide bonds. The summed E-state index contributed by atoms with van der Waals surface area (Å²) in [6.07, 6.45) is -1.34. The molecule has 5 atom stereocenters. The number of phenolic OH excluding ortho intramolecular Hbond substituents is 1. The van der Waals surface area contributed by atoms with E-state index in [1.165, 1.54) is 19.1 Å². The third-order valence-electron chi connectivity index (χ3n) is 5.51. The molecule has 0 saturated heterocycles. The van der Waals surface area contributed by atoms with E-state index in [1.807, 2.05) is 0 Å². The Balaban J connectivity index is 2.11. The zero-order valence-electron chi connectivity index (χ0n) is 20.2. The van der Waals surface area contributed by atoms with E-state index in [-0.39, 0.29) is 18.6 Å². The number of aliphatic hydroxyl groups excluding tert-OH is 2. The molecule has 2 aromatic carbocycles.